The Bertz CT molecular complexity index is 924. The van der Waals surface area contributed by atoms with Gasteiger partial charge in [-0.3, -0.25) is 10.2 Å². The number of aromatic nitrogens is 1. The van der Waals surface area contributed by atoms with Crippen molar-refractivity contribution >= 4 is 39.4 Å². The molecule has 7 heteroatoms. The minimum absolute atomic E-state index is 0.120. The third-order valence-electron chi connectivity index (χ3n) is 3.44. The maximum Gasteiger partial charge on any atom is 0.311 e. The number of ether oxygens (including phenoxy) is 1. The number of hydrazone groups is 1. The molecule has 0 atom stereocenters. The van der Waals surface area contributed by atoms with Gasteiger partial charge in [-0.2, -0.15) is 5.10 Å². The largest absolute Gasteiger partial charge is 0.466 e. The molecule has 0 unspecified atom stereocenters. The van der Waals surface area contributed by atoms with Gasteiger partial charge < -0.3 is 4.74 Å². The summed E-state index contributed by atoms with van der Waals surface area (Å²) in [5.41, 5.74) is 3.75. The average Bonchev–Trinajstić information content (AvgIpc) is 3.04. The molecule has 5 nitrogen and oxygen atoms in total. The van der Waals surface area contributed by atoms with E-state index in [-0.39, 0.29) is 18.2 Å². The lowest BCUT2D eigenvalue weighted by Gasteiger charge is -2.02. The van der Waals surface area contributed by atoms with E-state index in [1.165, 1.54) is 17.6 Å². The fourth-order valence-corrected chi connectivity index (χ4v) is 2.97. The fourth-order valence-electron chi connectivity index (χ4n) is 2.31. The molecule has 0 aliphatic carbocycles. The van der Waals surface area contributed by atoms with Crippen LogP contribution in [0.15, 0.2) is 46.9 Å². The van der Waals surface area contributed by atoms with Crippen LogP contribution in [0.5, 0.6) is 0 Å². The second kappa shape index (κ2) is 7.85. The van der Waals surface area contributed by atoms with Gasteiger partial charge in [0.15, 0.2) is 0 Å². The van der Waals surface area contributed by atoms with Crippen LogP contribution < -0.4 is 5.43 Å². The van der Waals surface area contributed by atoms with Gasteiger partial charge in [-0.25, -0.2) is 9.37 Å². The summed E-state index contributed by atoms with van der Waals surface area (Å²) in [5.74, 6) is -0.633. The smallest absolute Gasteiger partial charge is 0.311 e. The zero-order valence-electron chi connectivity index (χ0n) is 13.5. The lowest BCUT2D eigenvalue weighted by Crippen LogP contribution is -2.07. The number of hydrogen-bond acceptors (Lipinski definition) is 6. The van der Waals surface area contributed by atoms with Crippen LogP contribution in [-0.4, -0.2) is 23.8 Å². The number of fused-ring (bicyclic) bond motifs is 1. The van der Waals surface area contributed by atoms with Gasteiger partial charge in [-0.15, -0.1) is 11.3 Å². The van der Waals surface area contributed by atoms with Crippen molar-refractivity contribution < 1.29 is 13.9 Å². The Labute approximate surface area is 148 Å². The maximum atomic E-state index is 14.4. The van der Waals surface area contributed by atoms with Crippen LogP contribution >= 0.6 is 11.3 Å². The van der Waals surface area contributed by atoms with E-state index in [2.05, 4.69) is 15.5 Å². The molecule has 0 fully saturated rings. The number of thiazole rings is 1. The number of esters is 1. The zero-order chi connectivity index (χ0) is 17.6. The first-order valence-corrected chi connectivity index (χ1v) is 8.61. The highest BCUT2D eigenvalue weighted by molar-refractivity contribution is 7.13. The van der Waals surface area contributed by atoms with Crippen molar-refractivity contribution in [3.63, 3.8) is 0 Å². The first-order chi connectivity index (χ1) is 12.2. The predicted molar refractivity (Wildman–Crippen MR) is 97.6 cm³/mol. The molecule has 0 amide bonds. The van der Waals surface area contributed by atoms with Crippen molar-refractivity contribution in [2.24, 2.45) is 5.10 Å². The second-order valence-corrected chi connectivity index (χ2v) is 6.04. The van der Waals surface area contributed by atoms with Crippen molar-refractivity contribution in [2.75, 3.05) is 12.0 Å². The van der Waals surface area contributed by atoms with E-state index in [1.807, 2.05) is 18.2 Å². The topological polar surface area (TPSA) is 63.6 Å². The third kappa shape index (κ3) is 4.19. The molecular weight excluding hydrogens is 341 g/mol. The van der Waals surface area contributed by atoms with E-state index in [0.29, 0.717) is 28.4 Å². The molecule has 3 aromatic rings. The van der Waals surface area contributed by atoms with Crippen LogP contribution in [0.1, 0.15) is 18.2 Å². The van der Waals surface area contributed by atoms with Gasteiger partial charge >= 0.3 is 5.97 Å². The minimum atomic E-state index is -0.318. The number of carbonyl (C=O) groups is 1. The molecule has 0 aliphatic heterocycles. The highest BCUT2D eigenvalue weighted by Crippen LogP contribution is 2.20. The molecule has 0 radical (unpaired) electrons. The molecule has 25 heavy (non-hydrogen) atoms. The van der Waals surface area contributed by atoms with Crippen LogP contribution in [0.3, 0.4) is 0 Å². The van der Waals surface area contributed by atoms with Gasteiger partial charge in [0.05, 0.1) is 24.9 Å². The molecule has 1 aromatic heterocycles. The summed E-state index contributed by atoms with van der Waals surface area (Å²) in [6.07, 6.45) is 1.53. The number of rotatable bonds is 6. The molecule has 1 heterocycles. The first-order valence-electron chi connectivity index (χ1n) is 7.73. The number of carbonyl (C=O) groups excluding carboxylic acids is 1. The van der Waals surface area contributed by atoms with Gasteiger partial charge in [0.1, 0.15) is 5.82 Å². The molecule has 0 bridgehead atoms. The number of halogens is 1. The van der Waals surface area contributed by atoms with Gasteiger partial charge in [-0.1, -0.05) is 30.3 Å². The molecular formula is C18H16FN3O2S. The number of nitrogens with one attached hydrogen (secondary N) is 1. The lowest BCUT2D eigenvalue weighted by atomic mass is 10.1. The Morgan fingerprint density at radius 1 is 1.36 bits per heavy atom. The summed E-state index contributed by atoms with van der Waals surface area (Å²) >= 11 is 1.31. The van der Waals surface area contributed by atoms with Gasteiger partial charge in [0.2, 0.25) is 5.13 Å². The standard InChI is InChI=1S/C18H16FN3O2S/c1-2-24-16(23)9-14-11-25-18(21-14)22-20-10-13-8-7-12-5-3-4-6-15(12)17(13)19/h3-8,10-11H,2,9H2,1H3,(H,21,22). The monoisotopic (exact) mass is 357 g/mol. The van der Waals surface area contributed by atoms with E-state index < -0.39 is 0 Å². The van der Waals surface area contributed by atoms with Crippen molar-refractivity contribution in [3.8, 4) is 0 Å². The Morgan fingerprint density at radius 3 is 3.04 bits per heavy atom. The zero-order valence-corrected chi connectivity index (χ0v) is 14.3. The van der Waals surface area contributed by atoms with E-state index in [1.54, 1.807) is 30.5 Å². The predicted octanol–water partition coefficient (Wildman–Crippen LogP) is 3.99. The van der Waals surface area contributed by atoms with Crippen molar-refractivity contribution in [1.82, 2.24) is 4.98 Å². The summed E-state index contributed by atoms with van der Waals surface area (Å²) < 4.78 is 19.3. The Kier molecular flexibility index (Phi) is 5.35. The summed E-state index contributed by atoms with van der Waals surface area (Å²) in [6, 6.07) is 10.8. The normalized spacial score (nSPS) is 11.1. The van der Waals surface area contributed by atoms with Crippen LogP contribution in [0.2, 0.25) is 0 Å². The number of anilines is 1. The maximum absolute atomic E-state index is 14.4. The molecule has 0 saturated carbocycles. The van der Waals surface area contributed by atoms with Crippen molar-refractivity contribution in [1.29, 1.82) is 0 Å². The van der Waals surface area contributed by atoms with Crippen LogP contribution in [-0.2, 0) is 16.0 Å². The summed E-state index contributed by atoms with van der Waals surface area (Å²) in [7, 11) is 0. The van der Waals surface area contributed by atoms with Crippen LogP contribution in [0.4, 0.5) is 9.52 Å². The number of nitrogens with zero attached hydrogens (tertiary/aromatic N) is 2. The molecule has 128 valence electrons. The SMILES string of the molecule is CCOC(=O)Cc1csc(NN=Cc2ccc3ccccc3c2F)n1. The first kappa shape index (κ1) is 17.0. The molecule has 1 N–H and O–H groups in total. The number of hydrogen-bond donors (Lipinski definition) is 1. The van der Waals surface area contributed by atoms with E-state index >= 15 is 0 Å². The van der Waals surface area contributed by atoms with E-state index in [4.69, 9.17) is 4.74 Å². The van der Waals surface area contributed by atoms with Gasteiger partial charge in [0, 0.05) is 16.3 Å². The van der Waals surface area contributed by atoms with Crippen molar-refractivity contribution in [2.45, 2.75) is 13.3 Å². The van der Waals surface area contributed by atoms with E-state index in [0.717, 1.165) is 5.39 Å². The quantitative estimate of drug-likeness (QED) is 0.412. The summed E-state index contributed by atoms with van der Waals surface area (Å²) in [5, 5.41) is 7.70. The molecule has 2 aromatic carbocycles. The minimum Gasteiger partial charge on any atom is -0.466 e. The lowest BCUT2D eigenvalue weighted by molar-refractivity contribution is -0.142. The van der Waals surface area contributed by atoms with E-state index in [9.17, 15) is 9.18 Å². The Balaban J connectivity index is 1.67. The number of benzene rings is 2. The van der Waals surface area contributed by atoms with Gasteiger partial charge in [-0.05, 0) is 18.4 Å². The van der Waals surface area contributed by atoms with Crippen molar-refractivity contribution in [3.05, 3.63) is 58.9 Å². The molecule has 0 spiro atoms. The summed E-state index contributed by atoms with van der Waals surface area (Å²) in [4.78, 5) is 15.7. The fraction of sp³-hybridized carbons (Fsp3) is 0.167. The molecule has 0 saturated heterocycles. The second-order valence-electron chi connectivity index (χ2n) is 5.19. The molecule has 0 aliphatic rings. The highest BCUT2D eigenvalue weighted by Gasteiger charge is 2.08. The van der Waals surface area contributed by atoms with Crippen LogP contribution in [0.25, 0.3) is 10.8 Å². The Morgan fingerprint density at radius 2 is 2.20 bits per heavy atom. The third-order valence-corrected chi connectivity index (χ3v) is 4.24. The average molecular weight is 357 g/mol. The highest BCUT2D eigenvalue weighted by atomic mass is 32.1. The van der Waals surface area contributed by atoms with Crippen LogP contribution in [0, 0.1) is 5.82 Å². The van der Waals surface area contributed by atoms with Gasteiger partial charge in [0.25, 0.3) is 0 Å². The Hall–Kier alpha value is -2.80. The summed E-state index contributed by atoms with van der Waals surface area (Å²) in [6.45, 7) is 2.10. The molecule has 3 rings (SSSR count).